The fourth-order valence-corrected chi connectivity index (χ4v) is 3.81. The first-order valence-electron chi connectivity index (χ1n) is 11.3. The second-order valence-electron chi connectivity index (χ2n) is 8.55. The third-order valence-electron chi connectivity index (χ3n) is 5.80. The first-order valence-corrected chi connectivity index (χ1v) is 11.3. The van der Waals surface area contributed by atoms with E-state index in [1.165, 1.54) is 15.8 Å². The SMILES string of the molecule is Cc1cc(NC(=O)c2c(C)n(C)n(-c3ccccc3)c2=O)ccc1Oc1ccnc(C(=O)N(C)C)c1. The summed E-state index contributed by atoms with van der Waals surface area (Å²) in [6.07, 6.45) is 1.51. The predicted octanol–water partition coefficient (Wildman–Crippen LogP) is 3.93. The van der Waals surface area contributed by atoms with E-state index in [2.05, 4.69) is 10.3 Å². The van der Waals surface area contributed by atoms with Crippen molar-refractivity contribution in [3.05, 3.63) is 99.7 Å². The lowest BCUT2D eigenvalue weighted by Gasteiger charge is -2.13. The molecule has 0 radical (unpaired) electrons. The lowest BCUT2D eigenvalue weighted by Crippen LogP contribution is -2.25. The van der Waals surface area contributed by atoms with Gasteiger partial charge in [-0.05, 0) is 55.8 Å². The first kappa shape index (κ1) is 24.5. The van der Waals surface area contributed by atoms with Gasteiger partial charge in [-0.25, -0.2) is 4.68 Å². The van der Waals surface area contributed by atoms with E-state index < -0.39 is 11.5 Å². The predicted molar refractivity (Wildman–Crippen MR) is 137 cm³/mol. The Morgan fingerprint density at radius 2 is 1.72 bits per heavy atom. The summed E-state index contributed by atoms with van der Waals surface area (Å²) in [5.41, 5.74) is 2.48. The number of para-hydroxylation sites is 1. The van der Waals surface area contributed by atoms with Gasteiger partial charge in [0.2, 0.25) is 0 Å². The van der Waals surface area contributed by atoms with Crippen molar-refractivity contribution in [2.45, 2.75) is 13.8 Å². The molecule has 1 N–H and O–H groups in total. The van der Waals surface area contributed by atoms with Crippen LogP contribution in [0.2, 0.25) is 0 Å². The van der Waals surface area contributed by atoms with Gasteiger partial charge in [0.15, 0.2) is 0 Å². The lowest BCUT2D eigenvalue weighted by molar-refractivity contribution is 0.0821. The van der Waals surface area contributed by atoms with E-state index in [0.29, 0.717) is 28.6 Å². The Morgan fingerprint density at radius 3 is 2.39 bits per heavy atom. The van der Waals surface area contributed by atoms with Gasteiger partial charge in [0.05, 0.1) is 11.4 Å². The molecular formula is C27H27N5O4. The smallest absolute Gasteiger partial charge is 0.284 e. The molecule has 2 heterocycles. The van der Waals surface area contributed by atoms with Crippen molar-refractivity contribution in [1.29, 1.82) is 0 Å². The molecule has 0 saturated heterocycles. The fourth-order valence-electron chi connectivity index (χ4n) is 3.81. The van der Waals surface area contributed by atoms with E-state index in [1.54, 1.807) is 63.1 Å². The molecule has 0 spiro atoms. The number of amides is 2. The second-order valence-corrected chi connectivity index (χ2v) is 8.55. The third-order valence-corrected chi connectivity index (χ3v) is 5.80. The Kier molecular flexibility index (Phi) is 6.73. The van der Waals surface area contributed by atoms with E-state index in [-0.39, 0.29) is 17.2 Å². The number of nitrogens with zero attached hydrogens (tertiary/aromatic N) is 4. The van der Waals surface area contributed by atoms with Crippen LogP contribution in [-0.4, -0.2) is 45.2 Å². The summed E-state index contributed by atoms with van der Waals surface area (Å²) in [6, 6.07) is 17.6. The van der Waals surface area contributed by atoms with Crippen LogP contribution in [0.3, 0.4) is 0 Å². The van der Waals surface area contributed by atoms with Crippen LogP contribution in [0.1, 0.15) is 32.1 Å². The molecule has 36 heavy (non-hydrogen) atoms. The highest BCUT2D eigenvalue weighted by atomic mass is 16.5. The molecule has 2 amide bonds. The molecule has 4 rings (SSSR count). The monoisotopic (exact) mass is 485 g/mol. The molecule has 4 aromatic rings. The number of pyridine rings is 1. The number of benzene rings is 2. The van der Waals surface area contributed by atoms with Crippen molar-refractivity contribution >= 4 is 17.5 Å². The zero-order valence-electron chi connectivity index (χ0n) is 20.8. The lowest BCUT2D eigenvalue weighted by atomic mass is 10.2. The highest BCUT2D eigenvalue weighted by molar-refractivity contribution is 6.05. The van der Waals surface area contributed by atoms with E-state index in [9.17, 15) is 14.4 Å². The number of carbonyl (C=O) groups excluding carboxylic acids is 2. The molecule has 0 saturated carbocycles. The van der Waals surface area contributed by atoms with Crippen molar-refractivity contribution in [2.75, 3.05) is 19.4 Å². The van der Waals surface area contributed by atoms with Gasteiger partial charge in [-0.15, -0.1) is 0 Å². The summed E-state index contributed by atoms with van der Waals surface area (Å²) < 4.78 is 9.08. The zero-order valence-corrected chi connectivity index (χ0v) is 20.8. The topological polar surface area (TPSA) is 98.5 Å². The minimum Gasteiger partial charge on any atom is -0.457 e. The number of nitrogens with one attached hydrogen (secondary N) is 1. The first-order chi connectivity index (χ1) is 17.2. The van der Waals surface area contributed by atoms with E-state index in [0.717, 1.165) is 5.56 Å². The van der Waals surface area contributed by atoms with Gasteiger partial charge in [0.1, 0.15) is 22.8 Å². The van der Waals surface area contributed by atoms with Crippen molar-refractivity contribution in [2.24, 2.45) is 7.05 Å². The summed E-state index contributed by atoms with van der Waals surface area (Å²) >= 11 is 0. The Hall–Kier alpha value is -4.66. The van der Waals surface area contributed by atoms with Crippen molar-refractivity contribution in [1.82, 2.24) is 19.2 Å². The summed E-state index contributed by atoms with van der Waals surface area (Å²) in [5, 5.41) is 2.82. The highest BCUT2D eigenvalue weighted by Crippen LogP contribution is 2.28. The molecule has 9 heteroatoms. The molecule has 2 aromatic carbocycles. The summed E-state index contributed by atoms with van der Waals surface area (Å²) in [4.78, 5) is 43.9. The minimum atomic E-state index is -0.489. The molecule has 0 atom stereocenters. The Bertz CT molecular complexity index is 1500. The number of aromatic nitrogens is 3. The number of aryl methyl sites for hydroxylation is 1. The largest absolute Gasteiger partial charge is 0.457 e. The van der Waals surface area contributed by atoms with Crippen molar-refractivity contribution < 1.29 is 14.3 Å². The van der Waals surface area contributed by atoms with Crippen LogP contribution in [0.5, 0.6) is 11.5 Å². The van der Waals surface area contributed by atoms with Gasteiger partial charge < -0.3 is 15.0 Å². The van der Waals surface area contributed by atoms with Gasteiger partial charge in [-0.3, -0.25) is 24.0 Å². The molecular weight excluding hydrogens is 458 g/mol. The van der Waals surface area contributed by atoms with Gasteiger partial charge in [0, 0.05) is 39.1 Å². The normalized spacial score (nSPS) is 10.7. The quantitative estimate of drug-likeness (QED) is 0.446. The van der Waals surface area contributed by atoms with E-state index in [4.69, 9.17) is 4.74 Å². The van der Waals surface area contributed by atoms with Gasteiger partial charge in [-0.2, -0.15) is 0 Å². The van der Waals surface area contributed by atoms with E-state index in [1.807, 2.05) is 37.3 Å². The van der Waals surface area contributed by atoms with Crippen LogP contribution < -0.4 is 15.6 Å². The molecule has 184 valence electrons. The average Bonchev–Trinajstić information content (AvgIpc) is 3.08. The highest BCUT2D eigenvalue weighted by Gasteiger charge is 2.22. The molecule has 0 unspecified atom stereocenters. The maximum Gasteiger partial charge on any atom is 0.284 e. The maximum atomic E-state index is 13.1. The van der Waals surface area contributed by atoms with Gasteiger partial charge >= 0.3 is 0 Å². The zero-order chi connectivity index (χ0) is 26.0. The molecule has 0 aliphatic heterocycles. The molecule has 0 fully saturated rings. The number of ether oxygens (including phenoxy) is 1. The minimum absolute atomic E-state index is 0.0780. The van der Waals surface area contributed by atoms with Gasteiger partial charge in [0.25, 0.3) is 17.4 Å². The third kappa shape index (κ3) is 4.76. The Morgan fingerprint density at radius 1 is 1.00 bits per heavy atom. The molecule has 2 aromatic heterocycles. The Balaban J connectivity index is 1.55. The van der Waals surface area contributed by atoms with E-state index >= 15 is 0 Å². The van der Waals surface area contributed by atoms with Crippen molar-refractivity contribution in [3.63, 3.8) is 0 Å². The molecule has 0 aliphatic carbocycles. The summed E-state index contributed by atoms with van der Waals surface area (Å²) in [6.45, 7) is 3.58. The van der Waals surface area contributed by atoms with Crippen LogP contribution in [-0.2, 0) is 7.05 Å². The van der Waals surface area contributed by atoms with Crippen LogP contribution in [0.15, 0.2) is 71.7 Å². The van der Waals surface area contributed by atoms with Crippen LogP contribution in [0.25, 0.3) is 5.69 Å². The molecule has 0 aliphatic rings. The average molecular weight is 486 g/mol. The molecule has 0 bridgehead atoms. The maximum absolute atomic E-state index is 13.1. The molecule has 9 nitrogen and oxygen atoms in total. The van der Waals surface area contributed by atoms with Crippen LogP contribution >= 0.6 is 0 Å². The van der Waals surface area contributed by atoms with Gasteiger partial charge in [-0.1, -0.05) is 18.2 Å². The van der Waals surface area contributed by atoms with Crippen LogP contribution in [0, 0.1) is 13.8 Å². The standard InChI is InChI=1S/C27H27N5O4/c1-17-15-19(11-12-23(17)36-21-13-14-28-22(16-21)26(34)30(3)4)29-25(33)24-18(2)31(5)32(27(24)35)20-9-7-6-8-10-20/h6-16H,1-5H3,(H,29,33). The number of hydrogen-bond donors (Lipinski definition) is 1. The number of hydrogen-bond acceptors (Lipinski definition) is 5. The summed E-state index contributed by atoms with van der Waals surface area (Å²) in [7, 11) is 5.05. The summed E-state index contributed by atoms with van der Waals surface area (Å²) in [5.74, 6) is 0.316. The second kappa shape index (κ2) is 9.91. The number of carbonyl (C=O) groups is 2. The number of rotatable bonds is 6. The van der Waals surface area contributed by atoms with Crippen LogP contribution in [0.4, 0.5) is 5.69 Å². The van der Waals surface area contributed by atoms with Crippen molar-refractivity contribution in [3.8, 4) is 17.2 Å². The Labute approximate surface area is 208 Å². The fraction of sp³-hybridized carbons (Fsp3) is 0.185. The number of anilines is 1.